The Hall–Kier alpha value is -2.70. The van der Waals surface area contributed by atoms with Crippen molar-refractivity contribution in [2.75, 3.05) is 18.0 Å². The number of nitrogens with one attached hydrogen (secondary N) is 1. The fourth-order valence-corrected chi connectivity index (χ4v) is 4.28. The van der Waals surface area contributed by atoms with Gasteiger partial charge in [-0.1, -0.05) is 47.1 Å². The number of nitrogens with zero attached hydrogens (tertiary/aromatic N) is 3. The Kier molecular flexibility index (Phi) is 3.77. The summed E-state index contributed by atoms with van der Waals surface area (Å²) in [5.41, 5.74) is 2.22. The summed E-state index contributed by atoms with van der Waals surface area (Å²) < 4.78 is 5.42. The molecule has 2 aliphatic heterocycles. The number of hydrogen-bond donors (Lipinski definition) is 1. The minimum Gasteiger partial charge on any atom is -0.337 e. The molecule has 3 aromatic rings. The van der Waals surface area contributed by atoms with Crippen LogP contribution in [0.4, 0.5) is 5.69 Å². The molecule has 3 heterocycles. The molecule has 1 amide bonds. The molecule has 6 nitrogen and oxygen atoms in total. The summed E-state index contributed by atoms with van der Waals surface area (Å²) >= 11 is 6.22. The molecule has 2 aliphatic rings. The summed E-state index contributed by atoms with van der Waals surface area (Å²) in [4.78, 5) is 19.5. The van der Waals surface area contributed by atoms with Gasteiger partial charge in [-0.15, -0.1) is 0 Å². The van der Waals surface area contributed by atoms with E-state index in [2.05, 4.69) is 15.5 Å². The van der Waals surface area contributed by atoms with E-state index in [1.165, 1.54) is 0 Å². The number of aromatic nitrogens is 2. The zero-order chi connectivity index (χ0) is 18.4. The van der Waals surface area contributed by atoms with E-state index < -0.39 is 5.41 Å². The Morgan fingerprint density at radius 1 is 1.19 bits per heavy atom. The molecule has 1 spiro atoms. The fraction of sp³-hybridized carbons (Fsp3) is 0.250. The second-order valence-electron chi connectivity index (χ2n) is 6.91. The molecule has 0 aliphatic carbocycles. The first kappa shape index (κ1) is 16.5. The molecule has 0 bridgehead atoms. The Labute approximate surface area is 161 Å². The lowest BCUT2D eigenvalue weighted by Crippen LogP contribution is -2.41. The number of rotatable bonds is 3. The number of halogens is 1. The topological polar surface area (TPSA) is 71.3 Å². The maximum atomic E-state index is 13.3. The van der Waals surface area contributed by atoms with Crippen LogP contribution in [0.15, 0.2) is 53.1 Å². The highest BCUT2D eigenvalue weighted by atomic mass is 35.5. The summed E-state index contributed by atoms with van der Waals surface area (Å²) in [7, 11) is 0. The lowest BCUT2D eigenvalue weighted by molar-refractivity contribution is -0.122. The number of amides is 1. The molecule has 1 fully saturated rings. The summed E-state index contributed by atoms with van der Waals surface area (Å²) in [6, 6.07) is 15.3. The lowest BCUT2D eigenvalue weighted by atomic mass is 9.81. The molecule has 1 N–H and O–H groups in total. The average Bonchev–Trinajstić information content (AvgIpc) is 3.40. The van der Waals surface area contributed by atoms with Gasteiger partial charge >= 0.3 is 0 Å². The normalized spacial score (nSPS) is 21.2. The van der Waals surface area contributed by atoms with Crippen LogP contribution < -0.4 is 10.2 Å². The predicted molar refractivity (Wildman–Crippen MR) is 102 cm³/mol. The fourth-order valence-electron chi connectivity index (χ4n) is 4.06. The van der Waals surface area contributed by atoms with Crippen molar-refractivity contribution in [3.63, 3.8) is 0 Å². The van der Waals surface area contributed by atoms with E-state index in [-0.39, 0.29) is 12.5 Å². The Morgan fingerprint density at radius 2 is 2.00 bits per heavy atom. The second kappa shape index (κ2) is 6.18. The van der Waals surface area contributed by atoms with E-state index in [9.17, 15) is 4.79 Å². The average molecular weight is 381 g/mol. The van der Waals surface area contributed by atoms with E-state index in [1.54, 1.807) is 11.0 Å². The number of fused-ring (bicyclic) bond motifs is 2. The molecule has 1 unspecified atom stereocenters. The Bertz CT molecular complexity index is 1030. The smallest absolute Gasteiger partial charge is 0.247 e. The number of carbonyl (C=O) groups is 1. The van der Waals surface area contributed by atoms with Crippen molar-refractivity contribution in [3.05, 3.63) is 65.0 Å². The van der Waals surface area contributed by atoms with Gasteiger partial charge < -0.3 is 14.7 Å². The van der Waals surface area contributed by atoms with Gasteiger partial charge in [0.2, 0.25) is 17.6 Å². The molecule has 1 saturated heterocycles. The van der Waals surface area contributed by atoms with E-state index in [0.717, 1.165) is 24.2 Å². The molecule has 7 heteroatoms. The van der Waals surface area contributed by atoms with Gasteiger partial charge in [0.1, 0.15) is 6.54 Å². The number of benzene rings is 2. The molecule has 0 radical (unpaired) electrons. The van der Waals surface area contributed by atoms with Gasteiger partial charge in [0.05, 0.1) is 10.4 Å². The highest BCUT2D eigenvalue weighted by molar-refractivity contribution is 6.33. The monoisotopic (exact) mass is 380 g/mol. The van der Waals surface area contributed by atoms with Gasteiger partial charge in [0.25, 0.3) is 0 Å². The SMILES string of the molecule is O=C1N(Cc2nc(-c3ccccc3Cl)no2)c2ccccc2C12CCNC2. The largest absolute Gasteiger partial charge is 0.337 e. The summed E-state index contributed by atoms with van der Waals surface area (Å²) in [5, 5.41) is 7.93. The molecular formula is C20H17ClN4O2. The molecule has 1 atom stereocenters. The quantitative estimate of drug-likeness (QED) is 0.755. The van der Waals surface area contributed by atoms with Crippen LogP contribution in [0, 0.1) is 0 Å². The highest BCUT2D eigenvalue weighted by Crippen LogP contribution is 2.45. The maximum Gasteiger partial charge on any atom is 0.247 e. The highest BCUT2D eigenvalue weighted by Gasteiger charge is 2.52. The van der Waals surface area contributed by atoms with Gasteiger partial charge in [-0.3, -0.25) is 4.79 Å². The van der Waals surface area contributed by atoms with Crippen molar-refractivity contribution in [2.45, 2.75) is 18.4 Å². The first-order valence-corrected chi connectivity index (χ1v) is 9.26. The third-order valence-corrected chi connectivity index (χ3v) is 5.73. The number of hydrogen-bond acceptors (Lipinski definition) is 5. The number of anilines is 1. The van der Waals surface area contributed by atoms with Crippen molar-refractivity contribution in [3.8, 4) is 11.4 Å². The number of para-hydroxylation sites is 1. The third kappa shape index (κ3) is 2.48. The van der Waals surface area contributed by atoms with Crippen LogP contribution in [-0.4, -0.2) is 29.1 Å². The molecule has 0 saturated carbocycles. The first-order valence-electron chi connectivity index (χ1n) is 8.89. The van der Waals surface area contributed by atoms with Crippen molar-refractivity contribution in [1.29, 1.82) is 0 Å². The zero-order valence-corrected chi connectivity index (χ0v) is 15.2. The van der Waals surface area contributed by atoms with Crippen molar-refractivity contribution in [2.24, 2.45) is 0 Å². The minimum absolute atomic E-state index is 0.0891. The molecular weight excluding hydrogens is 364 g/mol. The Morgan fingerprint density at radius 3 is 2.81 bits per heavy atom. The predicted octanol–water partition coefficient (Wildman–Crippen LogP) is 3.17. The first-order chi connectivity index (χ1) is 13.2. The van der Waals surface area contributed by atoms with Crippen LogP contribution in [0.3, 0.4) is 0 Å². The van der Waals surface area contributed by atoms with E-state index in [4.69, 9.17) is 16.1 Å². The van der Waals surface area contributed by atoms with Crippen LogP contribution in [0.25, 0.3) is 11.4 Å². The minimum atomic E-state index is -0.484. The van der Waals surface area contributed by atoms with Gasteiger partial charge in [-0.05, 0) is 36.7 Å². The van der Waals surface area contributed by atoms with Crippen molar-refractivity contribution in [1.82, 2.24) is 15.5 Å². The molecule has 136 valence electrons. The lowest BCUT2D eigenvalue weighted by Gasteiger charge is -2.21. The van der Waals surface area contributed by atoms with Crippen LogP contribution >= 0.6 is 11.6 Å². The van der Waals surface area contributed by atoms with Crippen molar-refractivity contribution >= 4 is 23.2 Å². The van der Waals surface area contributed by atoms with Gasteiger partial charge in [-0.25, -0.2) is 0 Å². The zero-order valence-electron chi connectivity index (χ0n) is 14.5. The molecule has 27 heavy (non-hydrogen) atoms. The molecule has 5 rings (SSSR count). The van der Waals surface area contributed by atoms with Crippen LogP contribution in [0.5, 0.6) is 0 Å². The van der Waals surface area contributed by atoms with Crippen LogP contribution in [-0.2, 0) is 16.8 Å². The summed E-state index contributed by atoms with van der Waals surface area (Å²) in [6.45, 7) is 1.74. The standard InChI is InChI=1S/C20H17ClN4O2/c21-15-7-3-1-5-13(15)18-23-17(27-24-18)11-25-16-8-4-2-6-14(16)20(19(25)26)9-10-22-12-20/h1-8,22H,9-12H2. The third-order valence-electron chi connectivity index (χ3n) is 5.40. The van der Waals surface area contributed by atoms with Crippen molar-refractivity contribution < 1.29 is 9.32 Å². The maximum absolute atomic E-state index is 13.3. The molecule has 1 aromatic heterocycles. The van der Waals surface area contributed by atoms with Crippen LogP contribution in [0.2, 0.25) is 5.02 Å². The van der Waals surface area contributed by atoms with E-state index in [1.807, 2.05) is 42.5 Å². The Balaban J connectivity index is 1.48. The van der Waals surface area contributed by atoms with Gasteiger partial charge in [0, 0.05) is 17.8 Å². The van der Waals surface area contributed by atoms with E-state index in [0.29, 0.717) is 28.8 Å². The summed E-state index contributed by atoms with van der Waals surface area (Å²) in [6.07, 6.45) is 0.800. The van der Waals surface area contributed by atoms with Gasteiger partial charge in [-0.2, -0.15) is 4.98 Å². The summed E-state index contributed by atoms with van der Waals surface area (Å²) in [5.74, 6) is 0.898. The van der Waals surface area contributed by atoms with E-state index >= 15 is 0 Å². The number of carbonyl (C=O) groups excluding carboxylic acids is 1. The second-order valence-corrected chi connectivity index (χ2v) is 7.32. The van der Waals surface area contributed by atoms with Crippen LogP contribution in [0.1, 0.15) is 17.9 Å². The molecule has 2 aromatic carbocycles. The van der Waals surface area contributed by atoms with Gasteiger partial charge in [0.15, 0.2) is 0 Å².